The Kier molecular flexibility index (Phi) is 5.27. The van der Waals surface area contributed by atoms with E-state index in [1.165, 1.54) is 16.2 Å². The van der Waals surface area contributed by atoms with Crippen molar-refractivity contribution in [2.24, 2.45) is 0 Å². The van der Waals surface area contributed by atoms with Crippen LogP contribution in [0.15, 0.2) is 5.38 Å². The molecule has 0 radical (unpaired) electrons. The molecular weight excluding hydrogens is 252 g/mol. The van der Waals surface area contributed by atoms with Crippen molar-refractivity contribution in [1.82, 2.24) is 9.88 Å². The molecule has 0 unspecified atom stereocenters. The van der Waals surface area contributed by atoms with Crippen molar-refractivity contribution in [3.63, 3.8) is 0 Å². The van der Waals surface area contributed by atoms with E-state index in [-0.39, 0.29) is 24.9 Å². The fourth-order valence-corrected chi connectivity index (χ4v) is 2.40. The number of hydrogen-bond acceptors (Lipinski definition) is 4. The van der Waals surface area contributed by atoms with Crippen LogP contribution in [0.25, 0.3) is 0 Å². The molecule has 1 rings (SSSR count). The number of aryl methyl sites for hydroxylation is 1. The molecule has 1 N–H and O–H groups in total. The van der Waals surface area contributed by atoms with Gasteiger partial charge in [0.2, 0.25) is 5.91 Å². The molecule has 1 amide bonds. The number of carbonyl (C=O) groups is 2. The molecular formula is C12H18N2O3S. The number of nitrogens with zero attached hydrogens (tertiary/aromatic N) is 2. The van der Waals surface area contributed by atoms with Crippen molar-refractivity contribution in [3.05, 3.63) is 16.1 Å². The molecule has 1 heterocycles. The second-order valence-electron chi connectivity index (χ2n) is 4.27. The van der Waals surface area contributed by atoms with Crippen molar-refractivity contribution in [2.75, 3.05) is 6.54 Å². The minimum Gasteiger partial charge on any atom is -0.480 e. The van der Waals surface area contributed by atoms with Gasteiger partial charge in [0.05, 0.1) is 12.1 Å². The van der Waals surface area contributed by atoms with Crippen LogP contribution >= 0.6 is 11.3 Å². The number of rotatable bonds is 6. The summed E-state index contributed by atoms with van der Waals surface area (Å²) in [5.41, 5.74) is 0.970. The Morgan fingerprint density at radius 2 is 2.17 bits per heavy atom. The van der Waals surface area contributed by atoms with Gasteiger partial charge in [0, 0.05) is 11.4 Å². The van der Waals surface area contributed by atoms with Gasteiger partial charge in [-0.3, -0.25) is 9.59 Å². The molecule has 0 aliphatic rings. The number of aliphatic carboxylic acids is 1. The largest absolute Gasteiger partial charge is 0.480 e. The maximum Gasteiger partial charge on any atom is 0.323 e. The third-order valence-electron chi connectivity index (χ3n) is 2.51. The maximum absolute atomic E-state index is 12.0. The highest BCUT2D eigenvalue weighted by Crippen LogP contribution is 2.13. The van der Waals surface area contributed by atoms with Crippen LogP contribution in [0.3, 0.4) is 0 Å². The summed E-state index contributed by atoms with van der Waals surface area (Å²) >= 11 is 1.44. The van der Waals surface area contributed by atoms with Crippen LogP contribution in [0.4, 0.5) is 0 Å². The quantitative estimate of drug-likeness (QED) is 0.851. The predicted octanol–water partition coefficient (Wildman–Crippen LogP) is 1.57. The summed E-state index contributed by atoms with van der Waals surface area (Å²) in [5.74, 6) is -1.19. The van der Waals surface area contributed by atoms with Crippen LogP contribution in [-0.4, -0.2) is 39.5 Å². The summed E-state index contributed by atoms with van der Waals surface area (Å²) in [4.78, 5) is 28.4. The average molecular weight is 270 g/mol. The third kappa shape index (κ3) is 4.10. The molecule has 0 spiro atoms. The average Bonchev–Trinajstić information content (AvgIpc) is 2.72. The number of carboxylic acids is 1. The number of thiazole rings is 1. The molecule has 0 bridgehead atoms. The fourth-order valence-electron chi connectivity index (χ4n) is 1.53. The molecule has 0 fully saturated rings. The van der Waals surface area contributed by atoms with Crippen molar-refractivity contribution in [1.29, 1.82) is 0 Å². The van der Waals surface area contributed by atoms with Gasteiger partial charge in [0.15, 0.2) is 0 Å². The molecule has 5 nitrogen and oxygen atoms in total. The van der Waals surface area contributed by atoms with Gasteiger partial charge in [-0.2, -0.15) is 0 Å². The lowest BCUT2D eigenvalue weighted by Gasteiger charge is -2.24. The van der Waals surface area contributed by atoms with E-state index >= 15 is 0 Å². The summed E-state index contributed by atoms with van der Waals surface area (Å²) in [7, 11) is 0. The SMILES string of the molecule is CCc1csc(CC(=O)N(CC(=O)O)C(C)C)n1. The van der Waals surface area contributed by atoms with Crippen LogP contribution in [0, 0.1) is 0 Å². The Labute approximate surface area is 110 Å². The van der Waals surface area contributed by atoms with Gasteiger partial charge in [0.25, 0.3) is 0 Å². The third-order valence-corrected chi connectivity index (χ3v) is 3.41. The van der Waals surface area contributed by atoms with Gasteiger partial charge in [0.1, 0.15) is 11.6 Å². The van der Waals surface area contributed by atoms with Gasteiger partial charge in [-0.25, -0.2) is 4.98 Å². The molecule has 100 valence electrons. The lowest BCUT2D eigenvalue weighted by atomic mass is 10.2. The first kappa shape index (κ1) is 14.6. The van der Waals surface area contributed by atoms with E-state index in [9.17, 15) is 9.59 Å². The van der Waals surface area contributed by atoms with Crippen LogP contribution in [0.5, 0.6) is 0 Å². The lowest BCUT2D eigenvalue weighted by molar-refractivity contribution is -0.145. The highest BCUT2D eigenvalue weighted by Gasteiger charge is 2.20. The zero-order valence-electron chi connectivity index (χ0n) is 10.8. The van der Waals surface area contributed by atoms with Crippen LogP contribution in [0.1, 0.15) is 31.5 Å². The van der Waals surface area contributed by atoms with E-state index in [1.807, 2.05) is 12.3 Å². The van der Waals surface area contributed by atoms with Gasteiger partial charge in [-0.05, 0) is 20.3 Å². The molecule has 1 aromatic rings. The minimum atomic E-state index is -0.995. The number of hydrogen-bond donors (Lipinski definition) is 1. The second-order valence-corrected chi connectivity index (χ2v) is 5.21. The van der Waals surface area contributed by atoms with Gasteiger partial charge < -0.3 is 10.0 Å². The molecule has 0 aliphatic heterocycles. The van der Waals surface area contributed by atoms with Crippen molar-refractivity contribution in [2.45, 2.75) is 39.7 Å². The number of carbonyl (C=O) groups excluding carboxylic acids is 1. The Bertz CT molecular complexity index is 429. The van der Waals surface area contributed by atoms with E-state index in [0.717, 1.165) is 17.1 Å². The summed E-state index contributed by atoms with van der Waals surface area (Å²) in [5, 5.41) is 11.5. The summed E-state index contributed by atoms with van der Waals surface area (Å²) < 4.78 is 0. The lowest BCUT2D eigenvalue weighted by Crippen LogP contribution is -2.41. The van der Waals surface area contributed by atoms with Crippen molar-refractivity contribution < 1.29 is 14.7 Å². The Hall–Kier alpha value is -1.43. The number of aromatic nitrogens is 1. The van der Waals surface area contributed by atoms with E-state index in [0.29, 0.717) is 0 Å². The molecule has 0 saturated carbocycles. The topological polar surface area (TPSA) is 70.5 Å². The highest BCUT2D eigenvalue weighted by atomic mass is 32.1. The first-order valence-electron chi connectivity index (χ1n) is 5.88. The molecule has 0 atom stereocenters. The van der Waals surface area contributed by atoms with Crippen LogP contribution in [0.2, 0.25) is 0 Å². The Balaban J connectivity index is 2.69. The molecule has 0 saturated heterocycles. The predicted molar refractivity (Wildman–Crippen MR) is 69.7 cm³/mol. The van der Waals surface area contributed by atoms with E-state index < -0.39 is 5.97 Å². The fraction of sp³-hybridized carbons (Fsp3) is 0.583. The molecule has 0 aromatic carbocycles. The number of amides is 1. The van der Waals surface area contributed by atoms with Gasteiger partial charge >= 0.3 is 5.97 Å². The van der Waals surface area contributed by atoms with E-state index in [1.54, 1.807) is 13.8 Å². The highest BCUT2D eigenvalue weighted by molar-refractivity contribution is 7.09. The molecule has 0 aliphatic carbocycles. The zero-order valence-corrected chi connectivity index (χ0v) is 11.7. The van der Waals surface area contributed by atoms with Crippen LogP contribution in [-0.2, 0) is 22.4 Å². The molecule has 18 heavy (non-hydrogen) atoms. The molecule has 1 aromatic heterocycles. The van der Waals surface area contributed by atoms with Crippen molar-refractivity contribution in [3.8, 4) is 0 Å². The molecule has 6 heteroatoms. The van der Waals surface area contributed by atoms with E-state index in [2.05, 4.69) is 4.98 Å². The van der Waals surface area contributed by atoms with Crippen LogP contribution < -0.4 is 0 Å². The smallest absolute Gasteiger partial charge is 0.323 e. The van der Waals surface area contributed by atoms with Gasteiger partial charge in [-0.15, -0.1) is 11.3 Å². The second kappa shape index (κ2) is 6.49. The van der Waals surface area contributed by atoms with Crippen molar-refractivity contribution >= 4 is 23.2 Å². The maximum atomic E-state index is 12.0. The Morgan fingerprint density at radius 1 is 1.50 bits per heavy atom. The standard InChI is InChI=1S/C12H18N2O3S/c1-4-9-7-18-10(13-9)5-11(15)14(8(2)3)6-12(16)17/h7-8H,4-6H2,1-3H3,(H,16,17). The summed E-state index contributed by atoms with van der Waals surface area (Å²) in [6.45, 7) is 5.36. The summed E-state index contributed by atoms with van der Waals surface area (Å²) in [6, 6.07) is -0.126. The first-order valence-corrected chi connectivity index (χ1v) is 6.76. The Morgan fingerprint density at radius 3 is 2.61 bits per heavy atom. The first-order chi connectivity index (χ1) is 8.43. The zero-order chi connectivity index (χ0) is 13.7. The van der Waals surface area contributed by atoms with Gasteiger partial charge in [-0.1, -0.05) is 6.92 Å². The summed E-state index contributed by atoms with van der Waals surface area (Å²) in [6.07, 6.45) is 1.02. The number of carboxylic acid groups (broad SMARTS) is 1. The minimum absolute atomic E-state index is 0.126. The monoisotopic (exact) mass is 270 g/mol. The normalized spacial score (nSPS) is 10.7. The van der Waals surface area contributed by atoms with E-state index in [4.69, 9.17) is 5.11 Å².